The third kappa shape index (κ3) is 4.19. The van der Waals surface area contributed by atoms with Crippen LogP contribution in [0.2, 0.25) is 0 Å². The Morgan fingerprint density at radius 3 is 2.54 bits per heavy atom. The van der Waals surface area contributed by atoms with Crippen molar-refractivity contribution in [2.24, 2.45) is 0 Å². The van der Waals surface area contributed by atoms with Gasteiger partial charge in [-0.25, -0.2) is 4.98 Å². The lowest BCUT2D eigenvalue weighted by Gasteiger charge is -2.13. The number of nitrogens with zero attached hydrogens (tertiary/aromatic N) is 1. The highest BCUT2D eigenvalue weighted by Gasteiger charge is 2.13. The van der Waals surface area contributed by atoms with E-state index in [2.05, 4.69) is 10.3 Å². The molecule has 0 aliphatic rings. The first-order valence-electron chi connectivity index (χ1n) is 8.27. The fourth-order valence-electron chi connectivity index (χ4n) is 2.53. The Balaban J connectivity index is 1.79. The average molecular weight is 348 g/mol. The van der Waals surface area contributed by atoms with Crippen LogP contribution in [0.25, 0.3) is 0 Å². The Labute approximate surface area is 152 Å². The number of ketones is 1. The number of hydrogen-bond acceptors (Lipinski definition) is 5. The number of nitrogens with one attached hydrogen (secondary N) is 1. The topological polar surface area (TPSA) is 60.4 Å². The predicted octanol–water partition coefficient (Wildman–Crippen LogP) is 4.70. The quantitative estimate of drug-likeness (QED) is 0.627. The number of pyridine rings is 1. The predicted molar refractivity (Wildman–Crippen MR) is 101 cm³/mol. The first-order valence-corrected chi connectivity index (χ1v) is 8.27. The second-order valence-electron chi connectivity index (χ2n) is 5.71. The Kier molecular flexibility index (Phi) is 5.49. The molecule has 132 valence electrons. The fourth-order valence-corrected chi connectivity index (χ4v) is 2.53. The third-order valence-corrected chi connectivity index (χ3v) is 3.86. The molecule has 0 unspecified atom stereocenters. The first kappa shape index (κ1) is 17.5. The van der Waals surface area contributed by atoms with E-state index in [-0.39, 0.29) is 5.78 Å². The highest BCUT2D eigenvalue weighted by Crippen LogP contribution is 2.26. The highest BCUT2D eigenvalue weighted by molar-refractivity contribution is 5.97. The number of para-hydroxylation sites is 2. The van der Waals surface area contributed by atoms with Gasteiger partial charge in [-0.2, -0.15) is 0 Å². The van der Waals surface area contributed by atoms with Crippen LogP contribution in [0.5, 0.6) is 17.4 Å². The summed E-state index contributed by atoms with van der Waals surface area (Å²) in [6.45, 7) is 2.06. The summed E-state index contributed by atoms with van der Waals surface area (Å²) in [6.07, 6.45) is 1.65. The zero-order chi connectivity index (χ0) is 18.4. The van der Waals surface area contributed by atoms with Crippen LogP contribution in [0.1, 0.15) is 22.8 Å². The molecule has 1 N–H and O–H groups in total. The SMILES string of the molecule is COc1ccccc1CNc1cnc(Oc2ccccc2)c(C(C)=O)c1. The number of aromatic nitrogens is 1. The lowest BCUT2D eigenvalue weighted by Crippen LogP contribution is -2.05. The molecule has 0 fully saturated rings. The summed E-state index contributed by atoms with van der Waals surface area (Å²) < 4.78 is 11.1. The second kappa shape index (κ2) is 8.16. The van der Waals surface area contributed by atoms with E-state index in [0.717, 1.165) is 17.0 Å². The van der Waals surface area contributed by atoms with Gasteiger partial charge in [-0.15, -0.1) is 0 Å². The van der Waals surface area contributed by atoms with Gasteiger partial charge < -0.3 is 14.8 Å². The Morgan fingerprint density at radius 1 is 1.08 bits per heavy atom. The normalized spacial score (nSPS) is 10.2. The average Bonchev–Trinajstić information content (AvgIpc) is 2.68. The minimum absolute atomic E-state index is 0.107. The lowest BCUT2D eigenvalue weighted by molar-refractivity contribution is 0.101. The van der Waals surface area contributed by atoms with Crippen LogP contribution < -0.4 is 14.8 Å². The van der Waals surface area contributed by atoms with Crippen LogP contribution in [0.3, 0.4) is 0 Å². The molecule has 26 heavy (non-hydrogen) atoms. The number of Topliss-reactive ketones (excluding diaryl/α,β-unsaturated/α-hetero) is 1. The highest BCUT2D eigenvalue weighted by atomic mass is 16.5. The molecule has 0 radical (unpaired) electrons. The van der Waals surface area contributed by atoms with Crippen LogP contribution in [0.15, 0.2) is 66.9 Å². The molecule has 5 nitrogen and oxygen atoms in total. The third-order valence-electron chi connectivity index (χ3n) is 3.86. The van der Waals surface area contributed by atoms with Gasteiger partial charge in [0.25, 0.3) is 0 Å². The van der Waals surface area contributed by atoms with Crippen LogP contribution in [-0.4, -0.2) is 17.9 Å². The van der Waals surface area contributed by atoms with Crippen LogP contribution in [-0.2, 0) is 6.54 Å². The molecule has 0 saturated carbocycles. The maximum Gasteiger partial charge on any atom is 0.230 e. The van der Waals surface area contributed by atoms with E-state index < -0.39 is 0 Å². The summed E-state index contributed by atoms with van der Waals surface area (Å²) >= 11 is 0. The van der Waals surface area contributed by atoms with Gasteiger partial charge in [0.1, 0.15) is 11.5 Å². The molecule has 5 heteroatoms. The molecule has 0 bridgehead atoms. The van der Waals surface area contributed by atoms with Crippen molar-refractivity contribution in [1.82, 2.24) is 4.98 Å². The molecular formula is C21H20N2O3. The van der Waals surface area contributed by atoms with Gasteiger partial charge in [-0.05, 0) is 31.2 Å². The number of rotatable bonds is 7. The smallest absolute Gasteiger partial charge is 0.230 e. The van der Waals surface area contributed by atoms with Crippen LogP contribution in [0, 0.1) is 0 Å². The van der Waals surface area contributed by atoms with E-state index in [1.807, 2.05) is 54.6 Å². The van der Waals surface area contributed by atoms with Gasteiger partial charge in [-0.3, -0.25) is 4.79 Å². The molecule has 2 aromatic carbocycles. The maximum absolute atomic E-state index is 12.0. The van der Waals surface area contributed by atoms with Crippen molar-refractivity contribution < 1.29 is 14.3 Å². The first-order chi connectivity index (χ1) is 12.7. The summed E-state index contributed by atoms with van der Waals surface area (Å²) in [5, 5.41) is 3.27. The van der Waals surface area contributed by atoms with Crippen LogP contribution in [0.4, 0.5) is 5.69 Å². The van der Waals surface area contributed by atoms with Gasteiger partial charge in [0.15, 0.2) is 5.78 Å². The van der Waals surface area contributed by atoms with Crippen molar-refractivity contribution in [3.05, 3.63) is 78.0 Å². The number of carbonyl (C=O) groups is 1. The van der Waals surface area contributed by atoms with E-state index in [1.54, 1.807) is 19.4 Å². The molecule has 1 heterocycles. The Hall–Kier alpha value is -3.34. The summed E-state index contributed by atoms with van der Waals surface area (Å²) in [6, 6.07) is 18.8. The molecule has 3 rings (SSSR count). The van der Waals surface area contributed by atoms with Crippen molar-refractivity contribution in [2.75, 3.05) is 12.4 Å². The van der Waals surface area contributed by atoms with Crippen molar-refractivity contribution in [3.8, 4) is 17.4 Å². The van der Waals surface area contributed by atoms with Crippen molar-refractivity contribution in [1.29, 1.82) is 0 Å². The second-order valence-corrected chi connectivity index (χ2v) is 5.71. The van der Waals surface area contributed by atoms with Crippen molar-refractivity contribution in [3.63, 3.8) is 0 Å². The summed E-state index contributed by atoms with van der Waals surface area (Å²) in [5.74, 6) is 1.64. The number of methoxy groups -OCH3 is 1. The van der Waals surface area contributed by atoms with E-state index in [4.69, 9.17) is 9.47 Å². The molecule has 0 aliphatic carbocycles. The monoisotopic (exact) mass is 348 g/mol. The molecule has 3 aromatic rings. The van der Waals surface area contributed by atoms with Crippen LogP contribution >= 0.6 is 0 Å². The Bertz CT molecular complexity index is 895. The molecule has 0 aliphatic heterocycles. The zero-order valence-electron chi connectivity index (χ0n) is 14.7. The van der Waals surface area contributed by atoms with Gasteiger partial charge >= 0.3 is 0 Å². The Morgan fingerprint density at radius 2 is 1.81 bits per heavy atom. The molecular weight excluding hydrogens is 328 g/mol. The minimum atomic E-state index is -0.107. The summed E-state index contributed by atoms with van der Waals surface area (Å²) in [7, 11) is 1.64. The number of carbonyl (C=O) groups excluding carboxylic acids is 1. The van der Waals surface area contributed by atoms with E-state index in [1.165, 1.54) is 6.92 Å². The van der Waals surface area contributed by atoms with Gasteiger partial charge in [0.05, 0.1) is 24.6 Å². The number of hydrogen-bond donors (Lipinski definition) is 1. The fraction of sp³-hybridized carbons (Fsp3) is 0.143. The van der Waals surface area contributed by atoms with Crippen molar-refractivity contribution >= 4 is 11.5 Å². The van der Waals surface area contributed by atoms with Gasteiger partial charge in [0, 0.05) is 12.1 Å². The maximum atomic E-state index is 12.0. The molecule has 1 aromatic heterocycles. The summed E-state index contributed by atoms with van der Waals surface area (Å²) in [4.78, 5) is 16.3. The van der Waals surface area contributed by atoms with Gasteiger partial charge in [-0.1, -0.05) is 36.4 Å². The number of ether oxygens (including phenoxy) is 2. The molecule has 0 saturated heterocycles. The molecule has 0 amide bonds. The number of benzene rings is 2. The number of anilines is 1. The van der Waals surface area contributed by atoms with Gasteiger partial charge in [0.2, 0.25) is 5.88 Å². The largest absolute Gasteiger partial charge is 0.496 e. The zero-order valence-corrected chi connectivity index (χ0v) is 14.7. The minimum Gasteiger partial charge on any atom is -0.496 e. The molecule has 0 spiro atoms. The van der Waals surface area contributed by atoms with Crippen molar-refractivity contribution in [2.45, 2.75) is 13.5 Å². The van der Waals surface area contributed by atoms with E-state index >= 15 is 0 Å². The van der Waals surface area contributed by atoms with E-state index in [9.17, 15) is 4.79 Å². The van der Waals surface area contributed by atoms with E-state index in [0.29, 0.717) is 23.7 Å². The summed E-state index contributed by atoms with van der Waals surface area (Å²) in [5.41, 5.74) is 2.18. The standard InChI is InChI=1S/C21H20N2O3/c1-15(24)19-12-17(22-13-16-8-6-7-11-20(16)25-2)14-23-21(19)26-18-9-4-3-5-10-18/h3-12,14,22H,13H2,1-2H3. The lowest BCUT2D eigenvalue weighted by atomic mass is 10.1. The molecule has 0 atom stereocenters.